The van der Waals surface area contributed by atoms with Crippen LogP contribution >= 0.6 is 0 Å². The summed E-state index contributed by atoms with van der Waals surface area (Å²) in [5, 5.41) is 0. The van der Waals surface area contributed by atoms with Crippen LogP contribution in [0.2, 0.25) is 0 Å². The van der Waals surface area contributed by atoms with Crippen molar-refractivity contribution in [3.05, 3.63) is 35.9 Å². The summed E-state index contributed by atoms with van der Waals surface area (Å²) in [5.74, 6) is 0.336. The van der Waals surface area contributed by atoms with Crippen molar-refractivity contribution in [3.63, 3.8) is 0 Å². The molecule has 0 spiro atoms. The van der Waals surface area contributed by atoms with Crippen molar-refractivity contribution in [1.29, 1.82) is 0 Å². The SMILES string of the molecule is O.O.O=C1CCCN1CCCc1ccccc1. The normalized spacial score (nSPS) is 14.1. The van der Waals surface area contributed by atoms with E-state index < -0.39 is 0 Å². The van der Waals surface area contributed by atoms with Crippen LogP contribution in [-0.2, 0) is 11.2 Å². The third kappa shape index (κ3) is 4.54. The van der Waals surface area contributed by atoms with Gasteiger partial charge in [0, 0.05) is 19.5 Å². The van der Waals surface area contributed by atoms with Gasteiger partial charge in [0.25, 0.3) is 0 Å². The number of aryl methyl sites for hydroxylation is 1. The van der Waals surface area contributed by atoms with Crippen molar-refractivity contribution >= 4 is 5.91 Å². The lowest BCUT2D eigenvalue weighted by Gasteiger charge is -2.14. The number of rotatable bonds is 4. The largest absolute Gasteiger partial charge is 0.412 e. The first kappa shape index (κ1) is 15.6. The molecular formula is C13H21NO3. The van der Waals surface area contributed by atoms with Crippen LogP contribution in [0.4, 0.5) is 0 Å². The van der Waals surface area contributed by atoms with Gasteiger partial charge in [-0.05, 0) is 24.8 Å². The second-order valence-electron chi connectivity index (χ2n) is 4.07. The molecule has 4 nitrogen and oxygen atoms in total. The van der Waals surface area contributed by atoms with Gasteiger partial charge in [-0.1, -0.05) is 30.3 Å². The maximum atomic E-state index is 11.3. The Kier molecular flexibility index (Phi) is 7.18. The number of amides is 1. The molecule has 1 aliphatic rings. The van der Waals surface area contributed by atoms with Crippen LogP contribution in [-0.4, -0.2) is 34.8 Å². The van der Waals surface area contributed by atoms with Crippen molar-refractivity contribution < 1.29 is 15.7 Å². The van der Waals surface area contributed by atoms with Gasteiger partial charge in [-0.25, -0.2) is 0 Å². The van der Waals surface area contributed by atoms with E-state index in [1.54, 1.807) is 0 Å². The Hall–Kier alpha value is -1.39. The molecule has 4 N–H and O–H groups in total. The standard InChI is InChI=1S/C13H17NO.2H2O/c15-13-9-5-11-14(13)10-4-8-12-6-2-1-3-7-12;;/h1-3,6-7H,4-5,8-11H2;2*1H2. The highest BCUT2D eigenvalue weighted by Crippen LogP contribution is 2.11. The third-order valence-corrected chi connectivity index (χ3v) is 2.91. The summed E-state index contributed by atoms with van der Waals surface area (Å²) in [6, 6.07) is 10.5. The number of nitrogens with zero attached hydrogens (tertiary/aromatic N) is 1. The van der Waals surface area contributed by atoms with E-state index >= 15 is 0 Å². The second-order valence-corrected chi connectivity index (χ2v) is 4.07. The highest BCUT2D eigenvalue weighted by atomic mass is 16.2. The van der Waals surface area contributed by atoms with E-state index in [0.717, 1.165) is 38.8 Å². The van der Waals surface area contributed by atoms with Gasteiger partial charge in [0.2, 0.25) is 5.91 Å². The Morgan fingerprint density at radius 3 is 2.41 bits per heavy atom. The molecule has 1 aromatic carbocycles. The van der Waals surface area contributed by atoms with Crippen molar-refractivity contribution in [2.24, 2.45) is 0 Å². The number of benzene rings is 1. The lowest BCUT2D eigenvalue weighted by Crippen LogP contribution is -2.25. The molecule has 4 heteroatoms. The Morgan fingerprint density at radius 2 is 1.82 bits per heavy atom. The molecule has 1 amide bonds. The maximum Gasteiger partial charge on any atom is 0.222 e. The van der Waals surface area contributed by atoms with Gasteiger partial charge in [-0.2, -0.15) is 0 Å². The predicted molar refractivity (Wildman–Crippen MR) is 67.8 cm³/mol. The summed E-state index contributed by atoms with van der Waals surface area (Å²) < 4.78 is 0. The number of hydrogen-bond donors (Lipinski definition) is 0. The highest BCUT2D eigenvalue weighted by Gasteiger charge is 2.18. The average molecular weight is 239 g/mol. The van der Waals surface area contributed by atoms with Gasteiger partial charge < -0.3 is 15.9 Å². The molecular weight excluding hydrogens is 218 g/mol. The number of likely N-dealkylation sites (tertiary alicyclic amines) is 1. The molecule has 1 aromatic rings. The zero-order valence-electron chi connectivity index (χ0n) is 9.98. The maximum absolute atomic E-state index is 11.3. The van der Waals surface area contributed by atoms with Crippen molar-refractivity contribution in [1.82, 2.24) is 4.90 Å². The molecule has 1 fully saturated rings. The third-order valence-electron chi connectivity index (χ3n) is 2.91. The second kappa shape index (κ2) is 7.81. The van der Waals surface area contributed by atoms with Crippen LogP contribution in [0.3, 0.4) is 0 Å². The predicted octanol–water partition coefficient (Wildman–Crippen LogP) is 0.592. The molecule has 17 heavy (non-hydrogen) atoms. The summed E-state index contributed by atoms with van der Waals surface area (Å²) in [6.45, 7) is 1.89. The lowest BCUT2D eigenvalue weighted by molar-refractivity contribution is -0.127. The zero-order chi connectivity index (χ0) is 10.5. The van der Waals surface area contributed by atoms with Gasteiger partial charge in [-0.15, -0.1) is 0 Å². The minimum atomic E-state index is 0. The smallest absolute Gasteiger partial charge is 0.222 e. The molecule has 0 aliphatic carbocycles. The van der Waals surface area contributed by atoms with Crippen molar-refractivity contribution in [2.45, 2.75) is 25.7 Å². The minimum Gasteiger partial charge on any atom is -0.412 e. The van der Waals surface area contributed by atoms with Gasteiger partial charge in [0.1, 0.15) is 0 Å². The summed E-state index contributed by atoms with van der Waals surface area (Å²) in [5.41, 5.74) is 1.36. The van der Waals surface area contributed by atoms with E-state index in [-0.39, 0.29) is 11.0 Å². The summed E-state index contributed by atoms with van der Waals surface area (Å²) in [6.07, 6.45) is 3.95. The Labute approximate surface area is 102 Å². The van der Waals surface area contributed by atoms with Crippen LogP contribution in [0.5, 0.6) is 0 Å². The van der Waals surface area contributed by atoms with Crippen molar-refractivity contribution in [3.8, 4) is 0 Å². The van der Waals surface area contributed by atoms with Crippen molar-refractivity contribution in [2.75, 3.05) is 13.1 Å². The van der Waals surface area contributed by atoms with E-state index in [9.17, 15) is 4.79 Å². The Morgan fingerprint density at radius 1 is 1.12 bits per heavy atom. The summed E-state index contributed by atoms with van der Waals surface area (Å²) in [7, 11) is 0. The number of carbonyl (C=O) groups is 1. The van der Waals surface area contributed by atoms with Crippen LogP contribution in [0, 0.1) is 0 Å². The first-order chi connectivity index (χ1) is 7.36. The van der Waals surface area contributed by atoms with Gasteiger partial charge >= 0.3 is 0 Å². The van der Waals surface area contributed by atoms with Gasteiger partial charge in [-0.3, -0.25) is 4.79 Å². The molecule has 1 heterocycles. The summed E-state index contributed by atoms with van der Waals surface area (Å²) in [4.78, 5) is 13.3. The fraction of sp³-hybridized carbons (Fsp3) is 0.462. The molecule has 0 aromatic heterocycles. The van der Waals surface area contributed by atoms with Gasteiger partial charge in [0.05, 0.1) is 0 Å². The first-order valence-electron chi connectivity index (χ1n) is 5.68. The van der Waals surface area contributed by atoms with E-state index in [1.807, 2.05) is 11.0 Å². The number of carbonyl (C=O) groups excluding carboxylic acids is 1. The van der Waals surface area contributed by atoms with Crippen LogP contribution in [0.25, 0.3) is 0 Å². The molecule has 0 saturated carbocycles. The fourth-order valence-corrected chi connectivity index (χ4v) is 2.06. The molecule has 0 radical (unpaired) electrons. The van der Waals surface area contributed by atoms with Crippen LogP contribution in [0.1, 0.15) is 24.8 Å². The Bertz CT molecular complexity index is 327. The minimum absolute atomic E-state index is 0. The zero-order valence-corrected chi connectivity index (χ0v) is 9.98. The lowest BCUT2D eigenvalue weighted by atomic mass is 10.1. The fourth-order valence-electron chi connectivity index (χ4n) is 2.06. The Balaban J connectivity index is 0.00000128. The van der Waals surface area contributed by atoms with E-state index in [4.69, 9.17) is 0 Å². The molecule has 1 saturated heterocycles. The van der Waals surface area contributed by atoms with Crippen LogP contribution in [0.15, 0.2) is 30.3 Å². The molecule has 0 bridgehead atoms. The first-order valence-corrected chi connectivity index (χ1v) is 5.68. The molecule has 1 aliphatic heterocycles. The van der Waals surface area contributed by atoms with E-state index in [1.165, 1.54) is 5.56 Å². The monoisotopic (exact) mass is 239 g/mol. The quantitative estimate of drug-likeness (QED) is 0.757. The molecule has 96 valence electrons. The van der Waals surface area contributed by atoms with Gasteiger partial charge in [0.15, 0.2) is 0 Å². The molecule has 0 unspecified atom stereocenters. The molecule has 0 atom stereocenters. The van der Waals surface area contributed by atoms with E-state index in [0.29, 0.717) is 5.91 Å². The van der Waals surface area contributed by atoms with Crippen LogP contribution < -0.4 is 0 Å². The topological polar surface area (TPSA) is 83.3 Å². The number of hydrogen-bond acceptors (Lipinski definition) is 1. The highest BCUT2D eigenvalue weighted by molar-refractivity contribution is 5.77. The molecule has 2 rings (SSSR count). The van der Waals surface area contributed by atoms with E-state index in [2.05, 4.69) is 24.3 Å². The average Bonchev–Trinajstić information content (AvgIpc) is 2.66. The summed E-state index contributed by atoms with van der Waals surface area (Å²) >= 11 is 0.